The average molecular weight is 258 g/mol. The van der Waals surface area contributed by atoms with Crippen LogP contribution < -0.4 is 0 Å². The van der Waals surface area contributed by atoms with Gasteiger partial charge < -0.3 is 9.84 Å². The highest BCUT2D eigenvalue weighted by Gasteiger charge is 2.34. The molecule has 0 saturated carbocycles. The largest absolute Gasteiger partial charge is 0.386 e. The van der Waals surface area contributed by atoms with Crippen molar-refractivity contribution in [1.82, 2.24) is 0 Å². The molecule has 0 heterocycles. The monoisotopic (exact) mass is 258 g/mol. The molecule has 0 bridgehead atoms. The fraction of sp³-hybridized carbons (Fsp3) is 0.571. The summed E-state index contributed by atoms with van der Waals surface area (Å²) in [6.45, 7) is 7.85. The second kappa shape index (κ2) is 5.76. The van der Waals surface area contributed by atoms with E-state index in [2.05, 4.69) is 0 Å². The van der Waals surface area contributed by atoms with E-state index in [1.807, 2.05) is 20.8 Å². The zero-order chi connectivity index (χ0) is 13.9. The molecule has 0 saturated heterocycles. The third-order valence-electron chi connectivity index (χ3n) is 2.76. The Morgan fingerprint density at radius 3 is 2.39 bits per heavy atom. The zero-order valence-electron chi connectivity index (χ0n) is 11.2. The predicted octanol–water partition coefficient (Wildman–Crippen LogP) is 3.45. The van der Waals surface area contributed by atoms with Crippen LogP contribution in [0.5, 0.6) is 0 Å². The number of halogens is 2. The van der Waals surface area contributed by atoms with E-state index >= 15 is 0 Å². The Morgan fingerprint density at radius 1 is 1.28 bits per heavy atom. The average Bonchev–Trinajstić information content (AvgIpc) is 2.27. The Kier molecular flexibility index (Phi) is 4.82. The molecule has 1 rings (SSSR count). The molecule has 2 unspecified atom stereocenters. The second-order valence-electron chi connectivity index (χ2n) is 5.35. The third kappa shape index (κ3) is 3.50. The number of benzene rings is 1. The quantitative estimate of drug-likeness (QED) is 0.896. The van der Waals surface area contributed by atoms with Crippen molar-refractivity contribution >= 4 is 0 Å². The van der Waals surface area contributed by atoms with E-state index in [1.165, 1.54) is 0 Å². The first kappa shape index (κ1) is 15.1. The van der Waals surface area contributed by atoms with Crippen molar-refractivity contribution in [2.45, 2.75) is 39.9 Å². The lowest BCUT2D eigenvalue weighted by molar-refractivity contribution is -0.0909. The van der Waals surface area contributed by atoms with Crippen LogP contribution in [0.3, 0.4) is 0 Å². The molecule has 2 atom stereocenters. The predicted molar refractivity (Wildman–Crippen MR) is 66.2 cm³/mol. The Bertz CT molecular complexity index is 399. The maximum absolute atomic E-state index is 13.6. The number of aliphatic hydroxyl groups excluding tert-OH is 1. The van der Waals surface area contributed by atoms with Gasteiger partial charge in [0.25, 0.3) is 0 Å². The molecule has 0 aliphatic carbocycles. The molecule has 0 aromatic heterocycles. The molecule has 0 amide bonds. The molecule has 1 N–H and O–H groups in total. The molecule has 1 aromatic carbocycles. The SMILES string of the molecule is CCOC(C(O)c1cc(F)ccc1F)C(C)(C)C. The van der Waals surface area contributed by atoms with Crippen molar-refractivity contribution in [3.8, 4) is 0 Å². The lowest BCUT2D eigenvalue weighted by Crippen LogP contribution is -2.35. The van der Waals surface area contributed by atoms with Gasteiger partial charge in [0.2, 0.25) is 0 Å². The molecule has 4 heteroatoms. The minimum atomic E-state index is -1.19. The van der Waals surface area contributed by atoms with Crippen LogP contribution in [-0.4, -0.2) is 17.8 Å². The number of hydrogen-bond acceptors (Lipinski definition) is 2. The lowest BCUT2D eigenvalue weighted by atomic mass is 9.83. The first-order chi connectivity index (χ1) is 8.27. The van der Waals surface area contributed by atoms with Crippen LogP contribution in [-0.2, 0) is 4.74 Å². The van der Waals surface area contributed by atoms with Gasteiger partial charge in [-0.05, 0) is 30.5 Å². The maximum atomic E-state index is 13.6. The van der Waals surface area contributed by atoms with Crippen molar-refractivity contribution in [1.29, 1.82) is 0 Å². The van der Waals surface area contributed by atoms with Crippen molar-refractivity contribution in [2.24, 2.45) is 5.41 Å². The fourth-order valence-corrected chi connectivity index (χ4v) is 1.90. The standard InChI is InChI=1S/C14H20F2O2/c1-5-18-13(14(2,3)4)12(17)10-8-9(15)6-7-11(10)16/h6-8,12-13,17H,5H2,1-4H3. The van der Waals surface area contributed by atoms with E-state index in [1.54, 1.807) is 6.92 Å². The summed E-state index contributed by atoms with van der Waals surface area (Å²) in [6, 6.07) is 3.05. The van der Waals surface area contributed by atoms with Gasteiger partial charge in [-0.3, -0.25) is 0 Å². The summed E-state index contributed by atoms with van der Waals surface area (Å²) in [6.07, 6.45) is -1.79. The van der Waals surface area contributed by atoms with Crippen molar-refractivity contribution < 1.29 is 18.6 Å². The van der Waals surface area contributed by atoms with Crippen molar-refractivity contribution in [3.05, 3.63) is 35.4 Å². The van der Waals surface area contributed by atoms with Gasteiger partial charge >= 0.3 is 0 Å². The fourth-order valence-electron chi connectivity index (χ4n) is 1.90. The van der Waals surface area contributed by atoms with E-state index in [-0.39, 0.29) is 11.0 Å². The third-order valence-corrected chi connectivity index (χ3v) is 2.76. The highest BCUT2D eigenvalue weighted by atomic mass is 19.1. The molecule has 102 valence electrons. The normalized spacial score (nSPS) is 15.5. The molecule has 18 heavy (non-hydrogen) atoms. The summed E-state index contributed by atoms with van der Waals surface area (Å²) in [7, 11) is 0. The van der Waals surface area contributed by atoms with E-state index in [9.17, 15) is 13.9 Å². The molecule has 0 aliphatic heterocycles. The Labute approximate surface area is 107 Å². The molecule has 2 nitrogen and oxygen atoms in total. The molecule has 0 radical (unpaired) electrons. The van der Waals surface area contributed by atoms with E-state index < -0.39 is 23.8 Å². The molecule has 1 aromatic rings. The number of rotatable bonds is 4. The Balaban J connectivity index is 3.09. The van der Waals surface area contributed by atoms with Gasteiger partial charge in [0, 0.05) is 12.2 Å². The highest BCUT2D eigenvalue weighted by molar-refractivity contribution is 5.22. The molecule has 0 fully saturated rings. The lowest BCUT2D eigenvalue weighted by Gasteiger charge is -2.34. The summed E-state index contributed by atoms with van der Waals surface area (Å²) in [5, 5.41) is 10.2. The number of hydrogen-bond donors (Lipinski definition) is 1. The summed E-state index contributed by atoms with van der Waals surface area (Å²) in [4.78, 5) is 0. The Hall–Kier alpha value is -1.00. The van der Waals surface area contributed by atoms with E-state index in [0.29, 0.717) is 6.61 Å². The van der Waals surface area contributed by atoms with Crippen LogP contribution in [0.2, 0.25) is 0 Å². The maximum Gasteiger partial charge on any atom is 0.129 e. The first-order valence-corrected chi connectivity index (χ1v) is 6.02. The highest BCUT2D eigenvalue weighted by Crippen LogP contribution is 2.34. The van der Waals surface area contributed by atoms with E-state index in [0.717, 1.165) is 18.2 Å². The minimum Gasteiger partial charge on any atom is -0.386 e. The molecule has 0 aliphatic rings. The summed E-state index contributed by atoms with van der Waals surface area (Å²) in [5.41, 5.74) is -0.447. The number of aliphatic hydroxyl groups is 1. The minimum absolute atomic E-state index is 0.0663. The zero-order valence-corrected chi connectivity index (χ0v) is 11.2. The van der Waals surface area contributed by atoms with Crippen molar-refractivity contribution in [2.75, 3.05) is 6.61 Å². The van der Waals surface area contributed by atoms with Crippen molar-refractivity contribution in [3.63, 3.8) is 0 Å². The van der Waals surface area contributed by atoms with Crippen LogP contribution >= 0.6 is 0 Å². The van der Waals surface area contributed by atoms with Crippen LogP contribution in [0.4, 0.5) is 8.78 Å². The number of ether oxygens (including phenoxy) is 1. The topological polar surface area (TPSA) is 29.5 Å². The first-order valence-electron chi connectivity index (χ1n) is 6.02. The van der Waals surface area contributed by atoms with Gasteiger partial charge in [0.15, 0.2) is 0 Å². The molecular weight excluding hydrogens is 238 g/mol. The van der Waals surface area contributed by atoms with Crippen LogP contribution in [0.25, 0.3) is 0 Å². The van der Waals surface area contributed by atoms with Gasteiger partial charge in [-0.2, -0.15) is 0 Å². The second-order valence-corrected chi connectivity index (χ2v) is 5.35. The Morgan fingerprint density at radius 2 is 1.89 bits per heavy atom. The van der Waals surface area contributed by atoms with Gasteiger partial charge in [0.1, 0.15) is 17.7 Å². The van der Waals surface area contributed by atoms with Crippen LogP contribution in [0, 0.1) is 17.0 Å². The summed E-state index contributed by atoms with van der Waals surface area (Å²) >= 11 is 0. The van der Waals surface area contributed by atoms with Crippen LogP contribution in [0.15, 0.2) is 18.2 Å². The van der Waals surface area contributed by atoms with Gasteiger partial charge in [-0.25, -0.2) is 8.78 Å². The smallest absolute Gasteiger partial charge is 0.129 e. The van der Waals surface area contributed by atoms with Gasteiger partial charge in [0.05, 0.1) is 6.10 Å². The summed E-state index contributed by atoms with van der Waals surface area (Å²) in [5.74, 6) is -1.20. The van der Waals surface area contributed by atoms with E-state index in [4.69, 9.17) is 4.74 Å². The molecular formula is C14H20F2O2. The van der Waals surface area contributed by atoms with Crippen LogP contribution in [0.1, 0.15) is 39.4 Å². The van der Waals surface area contributed by atoms with Gasteiger partial charge in [-0.15, -0.1) is 0 Å². The summed E-state index contributed by atoms with van der Waals surface area (Å²) < 4.78 is 32.2. The van der Waals surface area contributed by atoms with Gasteiger partial charge in [-0.1, -0.05) is 20.8 Å². The molecule has 0 spiro atoms.